The predicted molar refractivity (Wildman–Crippen MR) is 142 cm³/mol. The second kappa shape index (κ2) is 12.1. The van der Waals surface area contributed by atoms with Crippen LogP contribution in [-0.2, 0) is 4.74 Å². The molecule has 2 aromatic carbocycles. The zero-order valence-electron chi connectivity index (χ0n) is 21.1. The van der Waals surface area contributed by atoms with E-state index in [4.69, 9.17) is 15.2 Å². The molecule has 0 saturated carbocycles. The largest absolute Gasteiger partial charge is 0.486 e. The average Bonchev–Trinajstić information content (AvgIpc) is 3.02. The van der Waals surface area contributed by atoms with Gasteiger partial charge in [-0.15, -0.1) is 0 Å². The van der Waals surface area contributed by atoms with E-state index in [9.17, 15) is 9.59 Å². The maximum Gasteiger partial charge on any atom is 0.404 e. The summed E-state index contributed by atoms with van der Waals surface area (Å²) in [5, 5.41) is 3.10. The van der Waals surface area contributed by atoms with Gasteiger partial charge in [-0.1, -0.05) is 36.4 Å². The molecule has 1 aliphatic heterocycles. The molecular formula is C27H32N6O4. The predicted octanol–water partition coefficient (Wildman–Crippen LogP) is 4.00. The summed E-state index contributed by atoms with van der Waals surface area (Å²) in [6.45, 7) is 3.97. The highest BCUT2D eigenvalue weighted by molar-refractivity contribution is 6.09. The van der Waals surface area contributed by atoms with Crippen LogP contribution in [0.3, 0.4) is 0 Å². The first-order valence-corrected chi connectivity index (χ1v) is 12.3. The number of nitrogens with one attached hydrogen (secondary N) is 1. The molecule has 194 valence electrons. The summed E-state index contributed by atoms with van der Waals surface area (Å²) in [7, 11) is 1.92. The van der Waals surface area contributed by atoms with Gasteiger partial charge in [-0.05, 0) is 37.5 Å². The monoisotopic (exact) mass is 504 g/mol. The smallest absolute Gasteiger partial charge is 0.404 e. The van der Waals surface area contributed by atoms with Crippen molar-refractivity contribution in [3.05, 3.63) is 71.9 Å². The number of carbonyl (C=O) groups is 2. The maximum absolute atomic E-state index is 13.5. The number of primary amides is 1. The standard InChI is InChI=1S/C27H32N6O4/c1-3-29-27-30-18-22-24(31-27)32(2)14-15-33(25(22)34)20-11-7-12-21(17-20)37-23(13-8-16-36-26(28)35)19-9-5-4-6-10-19/h4-7,9-12,17-18,23H,3,8,13-16H2,1-2H3,(H2,28,35)(H,29,30,31). The van der Waals surface area contributed by atoms with Crippen molar-refractivity contribution in [2.75, 3.05) is 48.4 Å². The Balaban J connectivity index is 1.55. The highest BCUT2D eigenvalue weighted by atomic mass is 16.5. The minimum absolute atomic E-state index is 0.164. The van der Waals surface area contributed by atoms with E-state index in [1.807, 2.05) is 73.5 Å². The number of rotatable bonds is 10. The quantitative estimate of drug-likeness (QED) is 0.397. The molecule has 0 spiro atoms. The number of ether oxygens (including phenoxy) is 2. The van der Waals surface area contributed by atoms with Crippen molar-refractivity contribution in [2.24, 2.45) is 5.73 Å². The first-order chi connectivity index (χ1) is 18.0. The zero-order valence-corrected chi connectivity index (χ0v) is 21.1. The molecule has 2 heterocycles. The lowest BCUT2D eigenvalue weighted by Crippen LogP contribution is -2.33. The number of hydrogen-bond acceptors (Lipinski definition) is 8. The Morgan fingerprint density at radius 2 is 1.97 bits per heavy atom. The number of nitrogens with zero attached hydrogens (tertiary/aromatic N) is 4. The van der Waals surface area contributed by atoms with Crippen molar-refractivity contribution in [2.45, 2.75) is 25.9 Å². The number of fused-ring (bicyclic) bond motifs is 1. The molecule has 0 bridgehead atoms. The van der Waals surface area contributed by atoms with E-state index in [2.05, 4.69) is 15.3 Å². The van der Waals surface area contributed by atoms with Crippen molar-refractivity contribution in [1.82, 2.24) is 9.97 Å². The Bertz CT molecular complexity index is 1220. The van der Waals surface area contributed by atoms with Crippen LogP contribution in [0.5, 0.6) is 5.75 Å². The molecule has 3 aromatic rings. The number of aromatic nitrogens is 2. The molecule has 1 aromatic heterocycles. The van der Waals surface area contributed by atoms with Gasteiger partial charge in [0.1, 0.15) is 23.2 Å². The second-order valence-corrected chi connectivity index (χ2v) is 8.66. The fourth-order valence-electron chi connectivity index (χ4n) is 4.20. The molecule has 10 nitrogen and oxygen atoms in total. The zero-order chi connectivity index (χ0) is 26.2. The van der Waals surface area contributed by atoms with E-state index >= 15 is 0 Å². The fraction of sp³-hybridized carbons (Fsp3) is 0.333. The van der Waals surface area contributed by atoms with Gasteiger partial charge in [0.2, 0.25) is 5.95 Å². The summed E-state index contributed by atoms with van der Waals surface area (Å²) >= 11 is 0. The van der Waals surface area contributed by atoms with E-state index in [-0.39, 0.29) is 18.6 Å². The number of hydrogen-bond donors (Lipinski definition) is 2. The molecular weight excluding hydrogens is 472 g/mol. The topological polar surface area (TPSA) is 123 Å². The van der Waals surface area contributed by atoms with Crippen LogP contribution in [0.1, 0.15) is 41.8 Å². The maximum atomic E-state index is 13.5. The summed E-state index contributed by atoms with van der Waals surface area (Å²) in [5.41, 5.74) is 7.25. The minimum atomic E-state index is -0.789. The van der Waals surface area contributed by atoms with Gasteiger partial charge < -0.3 is 30.3 Å². The van der Waals surface area contributed by atoms with Crippen LogP contribution >= 0.6 is 0 Å². The van der Waals surface area contributed by atoms with E-state index < -0.39 is 6.09 Å². The van der Waals surface area contributed by atoms with Gasteiger partial charge in [-0.2, -0.15) is 4.98 Å². The summed E-state index contributed by atoms with van der Waals surface area (Å²) in [5.74, 6) is 1.57. The molecule has 10 heteroatoms. The highest BCUT2D eigenvalue weighted by Gasteiger charge is 2.28. The summed E-state index contributed by atoms with van der Waals surface area (Å²) in [6.07, 6.45) is 1.73. The van der Waals surface area contributed by atoms with Crippen LogP contribution < -0.4 is 25.6 Å². The molecule has 1 atom stereocenters. The van der Waals surface area contributed by atoms with Gasteiger partial charge in [0.15, 0.2) is 0 Å². The average molecular weight is 505 g/mol. The number of benzene rings is 2. The van der Waals surface area contributed by atoms with E-state index in [0.29, 0.717) is 55.6 Å². The lowest BCUT2D eigenvalue weighted by atomic mass is 10.0. The Morgan fingerprint density at radius 3 is 2.73 bits per heavy atom. The van der Waals surface area contributed by atoms with Crippen molar-refractivity contribution in [1.29, 1.82) is 0 Å². The molecule has 0 radical (unpaired) electrons. The Kier molecular flexibility index (Phi) is 8.40. The molecule has 1 aliphatic rings. The first-order valence-electron chi connectivity index (χ1n) is 12.3. The van der Waals surface area contributed by atoms with Gasteiger partial charge in [0, 0.05) is 44.6 Å². The van der Waals surface area contributed by atoms with Crippen LogP contribution in [0, 0.1) is 0 Å². The number of carbonyl (C=O) groups excluding carboxylic acids is 2. The van der Waals surface area contributed by atoms with E-state index in [1.54, 1.807) is 11.1 Å². The van der Waals surface area contributed by atoms with Gasteiger partial charge >= 0.3 is 6.09 Å². The lowest BCUT2D eigenvalue weighted by molar-refractivity contribution is 0.0989. The van der Waals surface area contributed by atoms with E-state index in [0.717, 1.165) is 11.3 Å². The van der Waals surface area contributed by atoms with E-state index in [1.165, 1.54) is 0 Å². The van der Waals surface area contributed by atoms with Gasteiger partial charge in [0.25, 0.3) is 5.91 Å². The van der Waals surface area contributed by atoms with Crippen molar-refractivity contribution in [3.63, 3.8) is 0 Å². The lowest BCUT2D eigenvalue weighted by Gasteiger charge is -2.23. The number of likely N-dealkylation sites (N-methyl/N-ethyl adjacent to an activating group) is 1. The van der Waals surface area contributed by atoms with Crippen LogP contribution in [0.25, 0.3) is 0 Å². The Hall–Kier alpha value is -4.34. The number of amides is 2. The summed E-state index contributed by atoms with van der Waals surface area (Å²) in [4.78, 5) is 37.0. The van der Waals surface area contributed by atoms with Gasteiger partial charge in [0.05, 0.1) is 6.61 Å². The third-order valence-corrected chi connectivity index (χ3v) is 6.03. The Morgan fingerprint density at radius 1 is 1.16 bits per heavy atom. The SMILES string of the molecule is CCNc1ncc2c(n1)N(C)CCN(c1cccc(OC(CCCOC(N)=O)c3ccccc3)c1)C2=O. The molecule has 37 heavy (non-hydrogen) atoms. The summed E-state index contributed by atoms with van der Waals surface area (Å²) in [6, 6.07) is 17.3. The molecule has 0 saturated heterocycles. The van der Waals surface area contributed by atoms with Crippen LogP contribution in [0.2, 0.25) is 0 Å². The third kappa shape index (κ3) is 6.46. The third-order valence-electron chi connectivity index (χ3n) is 6.03. The van der Waals surface area contributed by atoms with Crippen LogP contribution in [0.15, 0.2) is 60.8 Å². The highest BCUT2D eigenvalue weighted by Crippen LogP contribution is 2.31. The van der Waals surface area contributed by atoms with Crippen molar-refractivity contribution in [3.8, 4) is 5.75 Å². The molecule has 3 N–H and O–H groups in total. The van der Waals surface area contributed by atoms with Crippen molar-refractivity contribution >= 4 is 29.5 Å². The molecule has 1 unspecified atom stereocenters. The number of nitrogens with two attached hydrogens (primary N) is 1. The molecule has 2 amide bonds. The molecule has 0 fully saturated rings. The summed E-state index contributed by atoms with van der Waals surface area (Å²) < 4.78 is 11.3. The van der Waals surface area contributed by atoms with Crippen molar-refractivity contribution < 1.29 is 19.1 Å². The number of anilines is 3. The minimum Gasteiger partial charge on any atom is -0.486 e. The fourth-order valence-corrected chi connectivity index (χ4v) is 4.20. The van der Waals surface area contributed by atoms with Crippen LogP contribution in [-0.4, -0.2) is 55.3 Å². The van der Waals surface area contributed by atoms with Gasteiger partial charge in [-0.25, -0.2) is 9.78 Å². The molecule has 0 aliphatic carbocycles. The Labute approximate surface area is 216 Å². The molecule has 4 rings (SSSR count). The normalized spacial score (nSPS) is 13.9. The van der Waals surface area contributed by atoms with Gasteiger partial charge in [-0.3, -0.25) is 4.79 Å². The second-order valence-electron chi connectivity index (χ2n) is 8.66. The first kappa shape index (κ1) is 25.7. The van der Waals surface area contributed by atoms with Crippen LogP contribution in [0.4, 0.5) is 22.2 Å².